The smallest absolute Gasteiger partial charge is 0.257 e. The fraction of sp³-hybridized carbons (Fsp3) is 0.261. The molecule has 0 spiro atoms. The van der Waals surface area contributed by atoms with Crippen LogP contribution < -0.4 is 15.4 Å². The minimum Gasteiger partial charge on any atom is -0.478 e. The van der Waals surface area contributed by atoms with Gasteiger partial charge in [-0.05, 0) is 44.5 Å². The van der Waals surface area contributed by atoms with Crippen LogP contribution in [0.2, 0.25) is 0 Å². The van der Waals surface area contributed by atoms with Crippen molar-refractivity contribution in [1.29, 1.82) is 0 Å². The first kappa shape index (κ1) is 21.2. The van der Waals surface area contributed by atoms with Crippen LogP contribution in [0.15, 0.2) is 55.0 Å². The van der Waals surface area contributed by atoms with E-state index in [4.69, 9.17) is 4.74 Å². The molecule has 3 heterocycles. The third-order valence-electron chi connectivity index (χ3n) is 4.90. The number of aromatic nitrogens is 5. The van der Waals surface area contributed by atoms with Crippen LogP contribution in [-0.4, -0.2) is 37.2 Å². The van der Waals surface area contributed by atoms with Crippen molar-refractivity contribution in [3.05, 3.63) is 66.1 Å². The standard InChI is InChI=1S/C23H25N7O2/c1-4-30-14-19-22(29-30)28-20(13-24-19)26-15(3)16-7-6-8-18(11-16)27-23(31)17-9-10-21(25-12-17)32-5-2/h6-15H,4-5H2,1-3H3,(H,27,31)(H,26,28,29)/t15-/m0/s1. The minimum absolute atomic E-state index is 0.0565. The highest BCUT2D eigenvalue weighted by molar-refractivity contribution is 6.04. The number of amides is 1. The number of fused-ring (bicyclic) bond motifs is 1. The van der Waals surface area contributed by atoms with Gasteiger partial charge in [-0.1, -0.05) is 12.1 Å². The van der Waals surface area contributed by atoms with Gasteiger partial charge >= 0.3 is 0 Å². The minimum atomic E-state index is -0.235. The van der Waals surface area contributed by atoms with Crippen LogP contribution in [0.1, 0.15) is 42.7 Å². The van der Waals surface area contributed by atoms with Gasteiger partial charge in [-0.25, -0.2) is 15.0 Å². The average molecular weight is 432 g/mol. The van der Waals surface area contributed by atoms with Crippen molar-refractivity contribution < 1.29 is 9.53 Å². The van der Waals surface area contributed by atoms with Crippen molar-refractivity contribution in [2.24, 2.45) is 0 Å². The number of nitrogens with zero attached hydrogens (tertiary/aromatic N) is 5. The largest absolute Gasteiger partial charge is 0.478 e. The van der Waals surface area contributed by atoms with E-state index in [2.05, 4.69) is 30.7 Å². The van der Waals surface area contributed by atoms with Gasteiger partial charge in [-0.2, -0.15) is 5.10 Å². The zero-order chi connectivity index (χ0) is 22.5. The maximum absolute atomic E-state index is 12.6. The summed E-state index contributed by atoms with van der Waals surface area (Å²) in [4.78, 5) is 25.7. The second-order valence-corrected chi connectivity index (χ2v) is 7.21. The Balaban J connectivity index is 1.44. The summed E-state index contributed by atoms with van der Waals surface area (Å²) < 4.78 is 7.13. The molecular formula is C23H25N7O2. The van der Waals surface area contributed by atoms with E-state index < -0.39 is 0 Å². The molecule has 0 fully saturated rings. The predicted molar refractivity (Wildman–Crippen MR) is 123 cm³/mol. The molecule has 164 valence electrons. The summed E-state index contributed by atoms with van der Waals surface area (Å²) in [7, 11) is 0. The molecule has 2 N–H and O–H groups in total. The maximum atomic E-state index is 12.6. The molecule has 0 bridgehead atoms. The monoisotopic (exact) mass is 431 g/mol. The fourth-order valence-corrected chi connectivity index (χ4v) is 3.22. The first-order valence-electron chi connectivity index (χ1n) is 10.5. The Morgan fingerprint density at radius 3 is 2.78 bits per heavy atom. The van der Waals surface area contributed by atoms with Gasteiger partial charge in [0.25, 0.3) is 5.91 Å². The van der Waals surface area contributed by atoms with Crippen LogP contribution in [0.5, 0.6) is 5.88 Å². The topological polar surface area (TPSA) is 107 Å². The summed E-state index contributed by atoms with van der Waals surface area (Å²) in [5, 5.41) is 10.7. The Hall–Kier alpha value is -4.01. The van der Waals surface area contributed by atoms with E-state index >= 15 is 0 Å². The number of nitrogens with one attached hydrogen (secondary N) is 2. The summed E-state index contributed by atoms with van der Waals surface area (Å²) in [5.74, 6) is 0.899. The van der Waals surface area contributed by atoms with Gasteiger partial charge in [0.2, 0.25) is 11.5 Å². The molecular weight excluding hydrogens is 406 g/mol. The van der Waals surface area contributed by atoms with Crippen LogP contribution in [-0.2, 0) is 6.54 Å². The van der Waals surface area contributed by atoms with Crippen molar-refractivity contribution in [3.63, 3.8) is 0 Å². The molecule has 0 saturated heterocycles. The van der Waals surface area contributed by atoms with Crippen LogP contribution in [0.4, 0.5) is 11.5 Å². The Bertz CT molecular complexity index is 1220. The molecule has 0 saturated carbocycles. The summed E-state index contributed by atoms with van der Waals surface area (Å²) >= 11 is 0. The average Bonchev–Trinajstić information content (AvgIpc) is 3.22. The zero-order valence-electron chi connectivity index (χ0n) is 18.2. The summed E-state index contributed by atoms with van der Waals surface area (Å²) in [6.45, 7) is 7.22. The lowest BCUT2D eigenvalue weighted by Crippen LogP contribution is -2.13. The number of aryl methyl sites for hydroxylation is 1. The normalized spacial score (nSPS) is 11.8. The van der Waals surface area contributed by atoms with Crippen molar-refractivity contribution in [2.75, 3.05) is 17.2 Å². The molecule has 0 aliphatic carbocycles. The molecule has 0 aliphatic rings. The molecule has 9 nitrogen and oxygen atoms in total. The lowest BCUT2D eigenvalue weighted by molar-refractivity contribution is 0.102. The van der Waals surface area contributed by atoms with Crippen LogP contribution in [0, 0.1) is 0 Å². The summed E-state index contributed by atoms with van der Waals surface area (Å²) in [5.41, 5.74) is 3.51. The molecule has 0 aliphatic heterocycles. The molecule has 1 amide bonds. The Labute approximate surface area is 185 Å². The quantitative estimate of drug-likeness (QED) is 0.433. The number of carbonyl (C=O) groups is 1. The number of hydrogen-bond acceptors (Lipinski definition) is 7. The SMILES string of the molecule is CCOc1ccc(C(=O)Nc2cccc([C@H](C)Nc3cnc4cn(CC)nc4n3)c2)cn1. The number of pyridine rings is 1. The highest BCUT2D eigenvalue weighted by atomic mass is 16.5. The first-order valence-corrected chi connectivity index (χ1v) is 10.5. The third-order valence-corrected chi connectivity index (χ3v) is 4.90. The number of anilines is 2. The molecule has 3 aromatic heterocycles. The Kier molecular flexibility index (Phi) is 6.25. The zero-order valence-corrected chi connectivity index (χ0v) is 18.2. The van der Waals surface area contributed by atoms with Crippen molar-refractivity contribution in [1.82, 2.24) is 24.7 Å². The molecule has 0 unspecified atom stereocenters. The van der Waals surface area contributed by atoms with Crippen LogP contribution in [0.3, 0.4) is 0 Å². The van der Waals surface area contributed by atoms with Gasteiger partial charge in [0, 0.05) is 24.5 Å². The highest BCUT2D eigenvalue weighted by Gasteiger charge is 2.12. The van der Waals surface area contributed by atoms with Crippen molar-refractivity contribution in [3.8, 4) is 5.88 Å². The van der Waals surface area contributed by atoms with E-state index in [0.717, 1.165) is 17.6 Å². The highest BCUT2D eigenvalue weighted by Crippen LogP contribution is 2.22. The van der Waals surface area contributed by atoms with E-state index in [0.29, 0.717) is 35.2 Å². The van der Waals surface area contributed by atoms with Gasteiger partial charge < -0.3 is 15.4 Å². The molecule has 0 radical (unpaired) electrons. The van der Waals surface area contributed by atoms with Crippen molar-refractivity contribution >= 4 is 28.6 Å². The maximum Gasteiger partial charge on any atom is 0.257 e. The van der Waals surface area contributed by atoms with Crippen LogP contribution >= 0.6 is 0 Å². The molecule has 32 heavy (non-hydrogen) atoms. The second-order valence-electron chi connectivity index (χ2n) is 7.21. The third kappa shape index (κ3) is 4.83. The molecule has 1 atom stereocenters. The summed E-state index contributed by atoms with van der Waals surface area (Å²) in [6.07, 6.45) is 5.08. The van der Waals surface area contributed by atoms with Crippen molar-refractivity contribution in [2.45, 2.75) is 33.4 Å². The number of ether oxygens (including phenoxy) is 1. The Morgan fingerprint density at radius 2 is 2.03 bits per heavy atom. The van der Waals surface area contributed by atoms with E-state index in [9.17, 15) is 4.79 Å². The Morgan fingerprint density at radius 1 is 1.16 bits per heavy atom. The molecule has 4 rings (SSSR count). The van der Waals surface area contributed by atoms with Gasteiger partial charge in [0.05, 0.1) is 30.6 Å². The second kappa shape index (κ2) is 9.42. The van der Waals surface area contributed by atoms with Gasteiger partial charge in [-0.3, -0.25) is 9.48 Å². The molecule has 9 heteroatoms. The van der Waals surface area contributed by atoms with Gasteiger partial charge in [0.15, 0.2) is 0 Å². The first-order chi connectivity index (χ1) is 15.6. The number of rotatable bonds is 8. The molecule has 4 aromatic rings. The predicted octanol–water partition coefficient (Wildman–Crippen LogP) is 4.07. The lowest BCUT2D eigenvalue weighted by Gasteiger charge is -2.16. The van der Waals surface area contributed by atoms with E-state index in [1.807, 2.05) is 55.9 Å². The van der Waals surface area contributed by atoms with E-state index in [1.165, 1.54) is 6.20 Å². The lowest BCUT2D eigenvalue weighted by atomic mass is 10.1. The van der Waals surface area contributed by atoms with Crippen LogP contribution in [0.25, 0.3) is 11.2 Å². The number of carbonyl (C=O) groups excluding carboxylic acids is 1. The van der Waals surface area contributed by atoms with Gasteiger partial charge in [0.1, 0.15) is 11.3 Å². The van der Waals surface area contributed by atoms with E-state index in [-0.39, 0.29) is 11.9 Å². The number of benzene rings is 1. The number of hydrogen-bond donors (Lipinski definition) is 2. The van der Waals surface area contributed by atoms with E-state index in [1.54, 1.807) is 18.3 Å². The molecule has 1 aromatic carbocycles. The van der Waals surface area contributed by atoms with Gasteiger partial charge in [-0.15, -0.1) is 0 Å². The fourth-order valence-electron chi connectivity index (χ4n) is 3.22. The summed E-state index contributed by atoms with van der Waals surface area (Å²) in [6, 6.07) is 11.0.